The van der Waals surface area contributed by atoms with Crippen LogP contribution in [-0.4, -0.2) is 80.3 Å². The molecule has 17 heteroatoms. The van der Waals surface area contributed by atoms with E-state index in [4.69, 9.17) is 19.1 Å². The molecule has 8 heterocycles. The molecular weight excluding hydrogens is 907 g/mol. The van der Waals surface area contributed by atoms with Gasteiger partial charge in [0.05, 0.1) is 23.9 Å². The summed E-state index contributed by atoms with van der Waals surface area (Å²) in [6, 6.07) is 4.80. The van der Waals surface area contributed by atoms with Gasteiger partial charge in [0.1, 0.15) is 0 Å². The molecule has 71 heavy (non-hydrogen) atoms. The molecule has 17 nitrogen and oxygen atoms in total. The van der Waals surface area contributed by atoms with Gasteiger partial charge in [-0.15, -0.1) is 9.46 Å². The summed E-state index contributed by atoms with van der Waals surface area (Å²) in [5, 5.41) is 45.9. The van der Waals surface area contributed by atoms with Crippen LogP contribution >= 0.6 is 0 Å². The Kier molecular flexibility index (Phi) is 14.7. The number of nitrogens with one attached hydrogen (secondary N) is 5. The Labute approximate surface area is 410 Å². The second-order valence-electron chi connectivity index (χ2n) is 17.7. The first-order chi connectivity index (χ1) is 34.2. The minimum atomic E-state index is -1.06. The summed E-state index contributed by atoms with van der Waals surface area (Å²) in [6.45, 7) is 17.4. The molecule has 0 atom stereocenters. The van der Waals surface area contributed by atoms with E-state index in [1.165, 1.54) is 57.6 Å². The molecule has 0 aromatic carbocycles. The van der Waals surface area contributed by atoms with Crippen molar-refractivity contribution in [1.82, 2.24) is 34.4 Å². The Morgan fingerprint density at radius 2 is 0.746 bits per heavy atom. The fourth-order valence-electron chi connectivity index (χ4n) is 10.3. The predicted molar refractivity (Wildman–Crippen MR) is 268 cm³/mol. The normalized spacial score (nSPS) is 12.0. The van der Waals surface area contributed by atoms with E-state index in [0.29, 0.717) is 35.1 Å². The van der Waals surface area contributed by atoms with Crippen LogP contribution in [0.2, 0.25) is 0 Å². The Balaban J connectivity index is 1.28. The van der Waals surface area contributed by atoms with Gasteiger partial charge < -0.3 is 54.8 Å². The maximum atomic E-state index is 12.6. The zero-order valence-electron chi connectivity index (χ0n) is 41.7. The third-order valence-corrected chi connectivity index (χ3v) is 13.7. The van der Waals surface area contributed by atoms with Gasteiger partial charge in [-0.05, 0) is 158 Å². The van der Waals surface area contributed by atoms with Gasteiger partial charge in [-0.3, -0.25) is 9.68 Å². The van der Waals surface area contributed by atoms with Gasteiger partial charge in [0.25, 0.3) is 0 Å². The molecule has 1 aliphatic rings. The third-order valence-electron chi connectivity index (χ3n) is 13.7. The van der Waals surface area contributed by atoms with Crippen molar-refractivity contribution in [2.24, 2.45) is 0 Å². The van der Waals surface area contributed by atoms with Crippen molar-refractivity contribution in [3.8, 4) is 23.5 Å². The molecule has 0 fully saturated rings. The summed E-state index contributed by atoms with van der Waals surface area (Å²) in [5.74, 6) is -1.75. The van der Waals surface area contributed by atoms with Crippen LogP contribution in [0.1, 0.15) is 133 Å². The molecule has 0 saturated heterocycles. The number of hydrogen-bond donors (Lipinski definition) is 9. The lowest BCUT2D eigenvalue weighted by atomic mass is 10.0. The first kappa shape index (κ1) is 49.6. The van der Waals surface area contributed by atoms with Gasteiger partial charge in [0, 0.05) is 68.4 Å². The Morgan fingerprint density at radius 1 is 0.437 bits per heavy atom. The summed E-state index contributed by atoms with van der Waals surface area (Å²) in [7, 11) is 0. The molecular formula is C54H65N7O10. The second kappa shape index (κ2) is 21.0. The summed E-state index contributed by atoms with van der Waals surface area (Å²) < 4.78 is 12.0. The van der Waals surface area contributed by atoms with Gasteiger partial charge in [-0.2, -0.15) is 0 Å². The molecule has 376 valence electrons. The lowest BCUT2D eigenvalue weighted by Crippen LogP contribution is -2.20. The largest absolute Gasteiger partial charge is 0.533 e. The molecule has 7 aromatic rings. The number of hydrogen-bond acceptors (Lipinski definition) is 10. The van der Waals surface area contributed by atoms with Crippen molar-refractivity contribution in [3.05, 3.63) is 135 Å². The van der Waals surface area contributed by atoms with Crippen molar-refractivity contribution in [2.45, 2.75) is 120 Å². The summed E-state index contributed by atoms with van der Waals surface area (Å²) in [5.41, 5.74) is 15.4. The minimum Gasteiger partial charge on any atom is -0.492 e. The van der Waals surface area contributed by atoms with Crippen LogP contribution in [0.4, 0.5) is 9.59 Å². The van der Waals surface area contributed by atoms with Crippen molar-refractivity contribution >= 4 is 36.6 Å². The molecule has 9 N–H and O–H groups in total. The van der Waals surface area contributed by atoms with Crippen LogP contribution < -0.4 is 31.1 Å². The predicted octanol–water partition coefficient (Wildman–Crippen LogP) is 6.06. The SMILES string of the molecule is CCc1c(CC)c2[nH]c1=Cc1[nH]c(c(C)c1CCCOC(=O)On1c(O)ccc1O)C=c1[nH]c(c(CC)c1CC)=c1[nH]c(c(CC)c1CC)=Cc1[nH]c(c(CCCOC(=O)On3c(O)ccc3O)c1C)C=2. The van der Waals surface area contributed by atoms with Crippen molar-refractivity contribution < 1.29 is 49.2 Å². The van der Waals surface area contributed by atoms with E-state index in [-0.39, 0.29) is 13.2 Å². The van der Waals surface area contributed by atoms with E-state index < -0.39 is 35.8 Å². The molecule has 0 saturated carbocycles. The standard InChI is InChI=1S/C54H65N7O10/c1-9-31-32(10-2)42-28-46-38(18-16-24-69-54(67)71-61-49(64)21-22-50(61)65)30(8)40(56-46)26-44-34(12-4)36(14-6)52(59-44)51-35(13-5)33(11-3)43(58-51)25-39-29(7)37(45(55-39)27-41(31)57-42)17-15-23-68-53(66)70-60-47(62)19-20-48(60)63/h19-22,25-28,55-59,62-65H,9-18,23-24H2,1-8H3. The topological polar surface area (TPSA) is 241 Å². The van der Waals surface area contributed by atoms with Crippen LogP contribution in [0, 0.1) is 24.5 Å². The van der Waals surface area contributed by atoms with E-state index in [1.54, 1.807) is 0 Å². The average Bonchev–Trinajstić information content (AvgIpc) is 4.22. The number of aromatic hydroxyl groups is 4. The monoisotopic (exact) mass is 971 g/mol. The van der Waals surface area contributed by atoms with Crippen molar-refractivity contribution in [2.75, 3.05) is 13.2 Å². The molecule has 7 aromatic heterocycles. The number of carbonyl (C=O) groups is 2. The smallest absolute Gasteiger partial charge is 0.492 e. The summed E-state index contributed by atoms with van der Waals surface area (Å²) in [6.07, 6.45) is 13.6. The third kappa shape index (κ3) is 9.72. The molecule has 0 unspecified atom stereocenters. The fourth-order valence-corrected chi connectivity index (χ4v) is 10.3. The highest BCUT2D eigenvalue weighted by Crippen LogP contribution is 2.26. The van der Waals surface area contributed by atoms with Crippen LogP contribution in [0.5, 0.6) is 23.5 Å². The average molecular weight is 972 g/mol. The highest BCUT2D eigenvalue weighted by molar-refractivity contribution is 5.65. The Morgan fingerprint density at radius 3 is 1.08 bits per heavy atom. The van der Waals surface area contributed by atoms with Gasteiger partial charge >= 0.3 is 12.3 Å². The molecule has 1 aliphatic heterocycles. The number of ether oxygens (including phenoxy) is 2. The Bertz CT molecular complexity index is 3220. The molecule has 0 aliphatic carbocycles. The quantitative estimate of drug-likeness (QED) is 0.0401. The van der Waals surface area contributed by atoms with Crippen LogP contribution in [0.3, 0.4) is 0 Å². The highest BCUT2D eigenvalue weighted by atomic mass is 16.8. The maximum absolute atomic E-state index is 12.6. The minimum absolute atomic E-state index is 0.0282. The van der Waals surface area contributed by atoms with Crippen LogP contribution in [0.25, 0.3) is 24.3 Å². The number of carbonyl (C=O) groups excluding carboxylic acids is 2. The number of fused-ring (bicyclic) bond motifs is 10. The van der Waals surface area contributed by atoms with Gasteiger partial charge in [0.2, 0.25) is 23.5 Å². The van der Waals surface area contributed by atoms with Crippen molar-refractivity contribution in [1.29, 1.82) is 0 Å². The van der Waals surface area contributed by atoms with Crippen molar-refractivity contribution in [3.63, 3.8) is 0 Å². The highest BCUT2D eigenvalue weighted by Gasteiger charge is 2.21. The lowest BCUT2D eigenvalue weighted by Gasteiger charge is -2.08. The number of nitrogens with zero attached hydrogens (tertiary/aromatic N) is 2. The fraction of sp³-hybridized carbons (Fsp3) is 0.370. The zero-order chi connectivity index (χ0) is 50.7. The molecule has 8 rings (SSSR count). The summed E-state index contributed by atoms with van der Waals surface area (Å²) in [4.78, 5) is 54.4. The van der Waals surface area contributed by atoms with E-state index in [2.05, 4.69) is 105 Å². The van der Waals surface area contributed by atoms with Gasteiger partial charge in [-0.25, -0.2) is 9.59 Å². The lowest BCUT2D eigenvalue weighted by molar-refractivity contribution is 0.0346. The van der Waals surface area contributed by atoms with Gasteiger partial charge in [0.15, 0.2) is 0 Å². The number of aromatic nitrogens is 7. The zero-order valence-corrected chi connectivity index (χ0v) is 41.7. The molecule has 0 spiro atoms. The van der Waals surface area contributed by atoms with Crippen LogP contribution in [-0.2, 0) is 60.8 Å². The first-order valence-electron chi connectivity index (χ1n) is 24.7. The summed E-state index contributed by atoms with van der Waals surface area (Å²) >= 11 is 0. The number of rotatable bonds is 16. The van der Waals surface area contributed by atoms with E-state index in [0.717, 1.165) is 116 Å². The number of aromatic amines is 5. The van der Waals surface area contributed by atoms with E-state index >= 15 is 0 Å². The van der Waals surface area contributed by atoms with E-state index in [1.807, 2.05) is 0 Å². The second-order valence-corrected chi connectivity index (χ2v) is 17.7. The molecule has 0 radical (unpaired) electrons. The molecule has 10 bridgehead atoms. The van der Waals surface area contributed by atoms with E-state index in [9.17, 15) is 30.0 Å². The van der Waals surface area contributed by atoms with Crippen LogP contribution in [0.15, 0.2) is 24.3 Å². The van der Waals surface area contributed by atoms with Gasteiger partial charge in [-0.1, -0.05) is 41.5 Å². The first-order valence-corrected chi connectivity index (χ1v) is 24.7. The maximum Gasteiger partial charge on any atom is 0.533 e. The number of H-pyrrole nitrogens is 5. The molecule has 0 amide bonds. The Hall–Kier alpha value is -7.82.